The molecule has 0 aliphatic carbocycles. The summed E-state index contributed by atoms with van der Waals surface area (Å²) in [6.07, 6.45) is 3.41. The molecule has 0 radical (unpaired) electrons. The van der Waals surface area contributed by atoms with Crippen LogP contribution in [0.3, 0.4) is 0 Å². The number of amides is 1. The lowest BCUT2D eigenvalue weighted by Gasteiger charge is -2.17. The van der Waals surface area contributed by atoms with Crippen molar-refractivity contribution in [3.05, 3.63) is 46.4 Å². The van der Waals surface area contributed by atoms with Crippen molar-refractivity contribution in [3.8, 4) is 11.4 Å². The summed E-state index contributed by atoms with van der Waals surface area (Å²) < 4.78 is 1.87. The first kappa shape index (κ1) is 21.2. The van der Waals surface area contributed by atoms with E-state index in [1.54, 1.807) is 12.4 Å². The third-order valence-corrected chi connectivity index (χ3v) is 6.29. The van der Waals surface area contributed by atoms with Gasteiger partial charge in [0.2, 0.25) is 5.91 Å². The lowest BCUT2D eigenvalue weighted by Crippen LogP contribution is -2.34. The van der Waals surface area contributed by atoms with Crippen molar-refractivity contribution >= 4 is 34.8 Å². The van der Waals surface area contributed by atoms with Gasteiger partial charge in [-0.25, -0.2) is 0 Å². The maximum absolute atomic E-state index is 12.6. The number of thioether (sulfide) groups is 1. The number of rotatable bonds is 7. The van der Waals surface area contributed by atoms with Gasteiger partial charge in [0.05, 0.1) is 17.2 Å². The minimum atomic E-state index is -0.433. The lowest BCUT2D eigenvalue weighted by atomic mass is 9.96. The molecule has 7 nitrogen and oxygen atoms in total. The van der Waals surface area contributed by atoms with E-state index in [1.165, 1.54) is 23.1 Å². The molecule has 3 heterocycles. The Balaban J connectivity index is 1.57. The Bertz CT molecular complexity index is 1010. The number of Topliss-reactive ketones (excluding diaryl/α,β-unsaturated/α-hetero) is 1. The Kier molecular flexibility index (Phi) is 6.49. The summed E-state index contributed by atoms with van der Waals surface area (Å²) in [6.45, 7) is 6.04. The zero-order chi connectivity index (χ0) is 21.0. The lowest BCUT2D eigenvalue weighted by molar-refractivity contribution is -0.128. The maximum atomic E-state index is 12.6. The van der Waals surface area contributed by atoms with Crippen LogP contribution in [0.5, 0.6) is 0 Å². The van der Waals surface area contributed by atoms with E-state index in [4.69, 9.17) is 0 Å². The third-order valence-electron chi connectivity index (χ3n) is 4.15. The highest BCUT2D eigenvalue weighted by Crippen LogP contribution is 2.24. The minimum Gasteiger partial charge on any atom is -0.351 e. The number of aromatic nitrogens is 4. The number of hydrogen-bond acceptors (Lipinski definition) is 7. The number of pyridine rings is 1. The molecular formula is C20H23N5O2S2. The number of hydrogen-bond donors (Lipinski definition) is 1. The topological polar surface area (TPSA) is 89.8 Å². The van der Waals surface area contributed by atoms with E-state index in [2.05, 4.69) is 20.5 Å². The van der Waals surface area contributed by atoms with E-state index in [0.29, 0.717) is 16.6 Å². The monoisotopic (exact) mass is 429 g/mol. The van der Waals surface area contributed by atoms with Crippen LogP contribution in [0, 0.1) is 5.41 Å². The van der Waals surface area contributed by atoms with Gasteiger partial charge in [0.1, 0.15) is 0 Å². The van der Waals surface area contributed by atoms with Gasteiger partial charge in [0, 0.05) is 35.3 Å². The number of ketones is 1. The zero-order valence-corrected chi connectivity index (χ0v) is 18.4. The van der Waals surface area contributed by atoms with E-state index in [1.807, 2.05) is 56.7 Å². The quantitative estimate of drug-likeness (QED) is 0.456. The maximum Gasteiger partial charge on any atom is 0.225 e. The van der Waals surface area contributed by atoms with Crippen LogP contribution in [0.1, 0.15) is 35.3 Å². The summed E-state index contributed by atoms with van der Waals surface area (Å²) in [5.74, 6) is 1.02. The molecule has 0 aliphatic rings. The molecule has 1 N–H and O–H groups in total. The Morgan fingerprint density at radius 2 is 1.86 bits per heavy atom. The first-order valence-electron chi connectivity index (χ1n) is 9.08. The van der Waals surface area contributed by atoms with Crippen LogP contribution in [-0.2, 0) is 18.4 Å². The molecule has 3 aromatic rings. The molecule has 0 atom stereocenters. The Morgan fingerprint density at radius 3 is 2.55 bits per heavy atom. The fraction of sp³-hybridized carbons (Fsp3) is 0.350. The first-order chi connectivity index (χ1) is 13.8. The van der Waals surface area contributed by atoms with E-state index in [9.17, 15) is 9.59 Å². The van der Waals surface area contributed by atoms with Crippen molar-refractivity contribution in [1.29, 1.82) is 0 Å². The number of nitrogens with zero attached hydrogens (tertiary/aromatic N) is 4. The van der Waals surface area contributed by atoms with Gasteiger partial charge in [-0.05, 0) is 24.3 Å². The van der Waals surface area contributed by atoms with Gasteiger partial charge in [-0.15, -0.1) is 21.5 Å². The summed E-state index contributed by atoms with van der Waals surface area (Å²) in [5.41, 5.74) is 0.492. The van der Waals surface area contributed by atoms with Crippen molar-refractivity contribution in [1.82, 2.24) is 25.1 Å². The number of thiophene rings is 1. The molecule has 0 saturated heterocycles. The summed E-state index contributed by atoms with van der Waals surface area (Å²) >= 11 is 2.77. The van der Waals surface area contributed by atoms with E-state index in [-0.39, 0.29) is 17.4 Å². The molecule has 9 heteroatoms. The van der Waals surface area contributed by atoms with Gasteiger partial charge in [0.15, 0.2) is 16.8 Å². The molecule has 1 amide bonds. The van der Waals surface area contributed by atoms with Crippen LogP contribution in [0.25, 0.3) is 11.4 Å². The van der Waals surface area contributed by atoms with Crippen molar-refractivity contribution in [2.75, 3.05) is 5.75 Å². The van der Waals surface area contributed by atoms with Gasteiger partial charge in [0.25, 0.3) is 0 Å². The molecule has 0 bridgehead atoms. The highest BCUT2D eigenvalue weighted by atomic mass is 32.2. The van der Waals surface area contributed by atoms with E-state index < -0.39 is 5.41 Å². The third kappa shape index (κ3) is 5.30. The fourth-order valence-electron chi connectivity index (χ4n) is 2.45. The van der Waals surface area contributed by atoms with Gasteiger partial charge in [-0.2, -0.15) is 0 Å². The Morgan fingerprint density at radius 1 is 1.14 bits per heavy atom. The SMILES string of the molecule is Cn1c(SCC(=O)c2ccc(CNC(=O)C(C)(C)C)s2)nnc1-c1ccncc1. The first-order valence-corrected chi connectivity index (χ1v) is 10.9. The second kappa shape index (κ2) is 8.87. The van der Waals surface area contributed by atoms with Crippen LogP contribution < -0.4 is 5.32 Å². The second-order valence-electron chi connectivity index (χ2n) is 7.51. The normalized spacial score (nSPS) is 11.4. The highest BCUT2D eigenvalue weighted by Gasteiger charge is 2.21. The molecule has 0 fully saturated rings. The number of carbonyl (C=O) groups excluding carboxylic acids is 2. The molecule has 3 rings (SSSR count). The van der Waals surface area contributed by atoms with Crippen LogP contribution in [0.2, 0.25) is 0 Å². The average Bonchev–Trinajstić information content (AvgIpc) is 3.31. The Hall–Kier alpha value is -2.52. The smallest absolute Gasteiger partial charge is 0.225 e. The molecule has 0 unspecified atom stereocenters. The second-order valence-corrected chi connectivity index (χ2v) is 9.62. The zero-order valence-electron chi connectivity index (χ0n) is 16.8. The summed E-state index contributed by atoms with van der Waals surface area (Å²) in [4.78, 5) is 30.2. The predicted molar refractivity (Wildman–Crippen MR) is 115 cm³/mol. The van der Waals surface area contributed by atoms with Crippen LogP contribution in [0.15, 0.2) is 41.8 Å². The van der Waals surface area contributed by atoms with Crippen LogP contribution in [0.4, 0.5) is 0 Å². The molecular weight excluding hydrogens is 406 g/mol. The molecule has 29 heavy (non-hydrogen) atoms. The van der Waals surface area contributed by atoms with Crippen molar-refractivity contribution in [2.24, 2.45) is 12.5 Å². The van der Waals surface area contributed by atoms with E-state index in [0.717, 1.165) is 16.3 Å². The largest absolute Gasteiger partial charge is 0.351 e. The average molecular weight is 430 g/mol. The molecule has 0 spiro atoms. The van der Waals surface area contributed by atoms with Crippen LogP contribution in [-0.4, -0.2) is 37.2 Å². The molecule has 152 valence electrons. The predicted octanol–water partition coefficient (Wildman–Crippen LogP) is 3.58. The molecule has 0 saturated carbocycles. The summed E-state index contributed by atoms with van der Waals surface area (Å²) in [5, 5.41) is 12.0. The number of nitrogens with one attached hydrogen (secondary N) is 1. The van der Waals surface area contributed by atoms with Crippen LogP contribution >= 0.6 is 23.1 Å². The number of carbonyl (C=O) groups is 2. The molecule has 0 aliphatic heterocycles. The fourth-order valence-corrected chi connectivity index (χ4v) is 4.22. The minimum absolute atomic E-state index is 0.0124. The van der Waals surface area contributed by atoms with Gasteiger partial charge >= 0.3 is 0 Å². The van der Waals surface area contributed by atoms with E-state index >= 15 is 0 Å². The summed E-state index contributed by atoms with van der Waals surface area (Å²) in [7, 11) is 1.88. The van der Waals surface area contributed by atoms with Gasteiger partial charge < -0.3 is 9.88 Å². The molecule has 3 aromatic heterocycles. The Labute approximate surface area is 178 Å². The summed E-state index contributed by atoms with van der Waals surface area (Å²) in [6, 6.07) is 7.44. The van der Waals surface area contributed by atoms with Crippen molar-refractivity contribution in [3.63, 3.8) is 0 Å². The van der Waals surface area contributed by atoms with Crippen molar-refractivity contribution < 1.29 is 9.59 Å². The van der Waals surface area contributed by atoms with Crippen molar-refractivity contribution in [2.45, 2.75) is 32.5 Å². The van der Waals surface area contributed by atoms with Gasteiger partial charge in [-0.1, -0.05) is 32.5 Å². The highest BCUT2D eigenvalue weighted by molar-refractivity contribution is 7.99. The molecule has 0 aromatic carbocycles. The van der Waals surface area contributed by atoms with Gasteiger partial charge in [-0.3, -0.25) is 14.6 Å². The standard InChI is InChI=1S/C20H23N5O2S2/c1-20(2,3)18(27)22-11-14-5-6-16(29-14)15(26)12-28-19-24-23-17(25(19)4)13-7-9-21-10-8-13/h5-10H,11-12H2,1-4H3,(H,22,27).